The summed E-state index contributed by atoms with van der Waals surface area (Å²) in [6, 6.07) is 40.8. The van der Waals surface area contributed by atoms with Crippen molar-refractivity contribution in [1.29, 1.82) is 0 Å². The topological polar surface area (TPSA) is 54.5 Å². The van der Waals surface area contributed by atoms with Gasteiger partial charge in [-0.3, -0.25) is 14.4 Å². The van der Waals surface area contributed by atoms with E-state index in [1.807, 2.05) is 121 Å². The van der Waals surface area contributed by atoms with Gasteiger partial charge in [0, 0.05) is 51.3 Å². The molecule has 0 spiro atoms. The van der Waals surface area contributed by atoms with Crippen molar-refractivity contribution in [1.82, 2.24) is 0 Å². The number of hydrogen-bond donors (Lipinski definition) is 0. The van der Waals surface area contributed by atoms with Crippen LogP contribution < -0.4 is 4.90 Å². The molecule has 4 heteroatoms. The molecule has 0 fully saturated rings. The minimum atomic E-state index is -0.0418. The predicted octanol–water partition coefficient (Wildman–Crippen LogP) is 8.21. The van der Waals surface area contributed by atoms with Crippen LogP contribution >= 0.6 is 0 Å². The Morgan fingerprint density at radius 3 is 1.08 bits per heavy atom. The summed E-state index contributed by atoms with van der Waals surface area (Å²) in [6.07, 6.45) is 0.441. The zero-order valence-corrected chi connectivity index (χ0v) is 21.6. The number of hydrogen-bond acceptors (Lipinski definition) is 4. The summed E-state index contributed by atoms with van der Waals surface area (Å²) in [5, 5.41) is 0. The lowest BCUT2D eigenvalue weighted by Gasteiger charge is -2.26. The van der Waals surface area contributed by atoms with Crippen LogP contribution in [0.4, 0.5) is 17.1 Å². The average Bonchev–Trinajstić information content (AvgIpc) is 3.02. The molecule has 5 aromatic carbocycles. The summed E-state index contributed by atoms with van der Waals surface area (Å²) in [6.45, 7) is 1.85. The first-order valence-corrected chi connectivity index (χ1v) is 12.9. The van der Waals surface area contributed by atoms with Gasteiger partial charge in [0.25, 0.3) is 0 Å². The van der Waals surface area contributed by atoms with Crippen molar-refractivity contribution in [2.75, 3.05) is 4.90 Å². The first kappa shape index (κ1) is 25.6. The quantitative estimate of drug-likeness (QED) is 0.188. The number of nitrogens with zero attached hydrogens (tertiary/aromatic N) is 1. The van der Waals surface area contributed by atoms with E-state index < -0.39 is 0 Å². The second-order valence-electron chi connectivity index (χ2n) is 9.14. The van der Waals surface area contributed by atoms with Gasteiger partial charge in [0.1, 0.15) is 0 Å². The Kier molecular flexibility index (Phi) is 7.56. The van der Waals surface area contributed by atoms with Gasteiger partial charge >= 0.3 is 0 Å². The van der Waals surface area contributed by atoms with Crippen LogP contribution in [0.25, 0.3) is 0 Å². The lowest BCUT2D eigenvalue weighted by atomic mass is 10.0. The highest BCUT2D eigenvalue weighted by molar-refractivity contribution is 6.10. The fourth-order valence-electron chi connectivity index (χ4n) is 4.48. The third kappa shape index (κ3) is 5.60. The standard InChI is InChI=1S/C35H27NO3/c1-2-33(37)25-13-19-30(20-14-25)36(31-21-15-28(16-22-31)34(38)26-9-5-3-6-10-26)32-23-17-29(18-24-32)35(39)27-11-7-4-8-12-27/h3-24H,2H2,1H3. The zero-order chi connectivity index (χ0) is 27.2. The van der Waals surface area contributed by atoms with E-state index in [1.165, 1.54) is 0 Å². The molecule has 0 saturated carbocycles. The Bertz CT molecular complexity index is 1490. The van der Waals surface area contributed by atoms with E-state index in [-0.39, 0.29) is 17.3 Å². The number of anilines is 3. The molecule has 0 aliphatic carbocycles. The van der Waals surface area contributed by atoms with Gasteiger partial charge in [-0.25, -0.2) is 0 Å². The molecule has 0 N–H and O–H groups in total. The van der Waals surface area contributed by atoms with Crippen molar-refractivity contribution in [3.8, 4) is 0 Å². The highest BCUT2D eigenvalue weighted by Gasteiger charge is 2.16. The smallest absolute Gasteiger partial charge is 0.193 e. The highest BCUT2D eigenvalue weighted by atomic mass is 16.1. The number of ketones is 3. The molecular formula is C35H27NO3. The zero-order valence-electron chi connectivity index (χ0n) is 21.6. The van der Waals surface area contributed by atoms with Gasteiger partial charge in [-0.1, -0.05) is 67.6 Å². The van der Waals surface area contributed by atoms with Crippen LogP contribution in [0, 0.1) is 0 Å². The maximum absolute atomic E-state index is 12.9. The molecule has 0 bridgehead atoms. The van der Waals surface area contributed by atoms with Crippen LogP contribution in [0.15, 0.2) is 133 Å². The van der Waals surface area contributed by atoms with Crippen molar-refractivity contribution in [2.45, 2.75) is 13.3 Å². The summed E-state index contributed by atoms with van der Waals surface area (Å²) in [5.74, 6) is 0.000436. The highest BCUT2D eigenvalue weighted by Crippen LogP contribution is 2.35. The molecule has 0 heterocycles. The van der Waals surface area contributed by atoms with Gasteiger partial charge in [-0.15, -0.1) is 0 Å². The summed E-state index contributed by atoms with van der Waals surface area (Å²) in [5.41, 5.74) is 5.66. The molecule has 5 aromatic rings. The number of carbonyl (C=O) groups is 3. The van der Waals surface area contributed by atoms with Gasteiger partial charge in [0.05, 0.1) is 0 Å². The molecule has 0 saturated heterocycles. The minimum absolute atomic E-state index is 0.0418. The van der Waals surface area contributed by atoms with Crippen molar-refractivity contribution in [2.24, 2.45) is 0 Å². The lowest BCUT2D eigenvalue weighted by molar-refractivity contribution is 0.0986. The number of carbonyl (C=O) groups excluding carboxylic acids is 3. The second-order valence-corrected chi connectivity index (χ2v) is 9.14. The molecule has 4 nitrogen and oxygen atoms in total. The van der Waals surface area contributed by atoms with Crippen molar-refractivity contribution in [3.05, 3.63) is 161 Å². The largest absolute Gasteiger partial charge is 0.311 e. The van der Waals surface area contributed by atoms with Crippen LogP contribution in [-0.2, 0) is 0 Å². The van der Waals surface area contributed by atoms with Crippen molar-refractivity contribution < 1.29 is 14.4 Å². The summed E-state index contributed by atoms with van der Waals surface area (Å²) >= 11 is 0. The maximum Gasteiger partial charge on any atom is 0.193 e. The molecule has 0 aliphatic rings. The van der Waals surface area contributed by atoms with E-state index in [0.717, 1.165) is 17.1 Å². The van der Waals surface area contributed by atoms with Crippen LogP contribution in [0.3, 0.4) is 0 Å². The lowest BCUT2D eigenvalue weighted by Crippen LogP contribution is -2.11. The van der Waals surface area contributed by atoms with Crippen LogP contribution in [-0.4, -0.2) is 17.3 Å². The van der Waals surface area contributed by atoms with Crippen LogP contribution in [0.1, 0.15) is 55.5 Å². The van der Waals surface area contributed by atoms with Crippen LogP contribution in [0.5, 0.6) is 0 Å². The molecule has 0 radical (unpaired) electrons. The van der Waals surface area contributed by atoms with E-state index >= 15 is 0 Å². The number of Topliss-reactive ketones (excluding diaryl/α,β-unsaturated/α-hetero) is 1. The maximum atomic E-state index is 12.9. The Labute approximate surface area is 228 Å². The van der Waals surface area contributed by atoms with Gasteiger partial charge in [-0.05, 0) is 72.8 Å². The molecule has 5 rings (SSSR count). The average molecular weight is 510 g/mol. The minimum Gasteiger partial charge on any atom is -0.311 e. The van der Waals surface area contributed by atoms with Gasteiger partial charge < -0.3 is 4.90 Å². The molecule has 39 heavy (non-hydrogen) atoms. The Morgan fingerprint density at radius 1 is 0.436 bits per heavy atom. The number of rotatable bonds is 9. The van der Waals surface area contributed by atoms with E-state index in [9.17, 15) is 14.4 Å². The van der Waals surface area contributed by atoms with E-state index in [1.54, 1.807) is 24.3 Å². The van der Waals surface area contributed by atoms with Gasteiger partial charge in [0.2, 0.25) is 0 Å². The summed E-state index contributed by atoms with van der Waals surface area (Å²) in [7, 11) is 0. The molecule has 0 aromatic heterocycles. The van der Waals surface area contributed by atoms with Crippen LogP contribution in [0.2, 0.25) is 0 Å². The molecule has 0 aliphatic heterocycles. The first-order chi connectivity index (χ1) is 19.0. The van der Waals surface area contributed by atoms with Crippen molar-refractivity contribution >= 4 is 34.4 Å². The van der Waals surface area contributed by atoms with E-state index in [2.05, 4.69) is 0 Å². The number of benzene rings is 5. The summed E-state index contributed by atoms with van der Waals surface area (Å²) < 4.78 is 0. The fraction of sp³-hybridized carbons (Fsp3) is 0.0571. The summed E-state index contributed by atoms with van der Waals surface area (Å²) in [4.78, 5) is 40.1. The van der Waals surface area contributed by atoms with Gasteiger partial charge in [-0.2, -0.15) is 0 Å². The fourth-order valence-corrected chi connectivity index (χ4v) is 4.48. The van der Waals surface area contributed by atoms with E-state index in [4.69, 9.17) is 0 Å². The Hall–Kier alpha value is -5.09. The Balaban J connectivity index is 1.50. The predicted molar refractivity (Wildman–Crippen MR) is 155 cm³/mol. The monoisotopic (exact) mass is 509 g/mol. The second kappa shape index (κ2) is 11.5. The molecule has 0 amide bonds. The normalized spacial score (nSPS) is 10.6. The third-order valence-corrected chi connectivity index (χ3v) is 6.62. The molecule has 190 valence electrons. The van der Waals surface area contributed by atoms with E-state index in [0.29, 0.717) is 34.2 Å². The first-order valence-electron chi connectivity index (χ1n) is 12.9. The van der Waals surface area contributed by atoms with Gasteiger partial charge in [0.15, 0.2) is 17.3 Å². The SMILES string of the molecule is CCC(=O)c1ccc(N(c2ccc(C(=O)c3ccccc3)cc2)c2ccc(C(=O)c3ccccc3)cc2)cc1. The Morgan fingerprint density at radius 2 is 0.744 bits per heavy atom. The third-order valence-electron chi connectivity index (χ3n) is 6.62. The van der Waals surface area contributed by atoms with Crippen molar-refractivity contribution in [3.63, 3.8) is 0 Å². The molecule has 0 atom stereocenters. The molecule has 0 unspecified atom stereocenters. The molecular weight excluding hydrogens is 482 g/mol.